The lowest BCUT2D eigenvalue weighted by atomic mass is 10.1. The van der Waals surface area contributed by atoms with Crippen molar-refractivity contribution in [3.63, 3.8) is 0 Å². The number of hydrogen-bond donors (Lipinski definition) is 1. The van der Waals surface area contributed by atoms with Crippen LogP contribution in [0.5, 0.6) is 0 Å². The van der Waals surface area contributed by atoms with Crippen molar-refractivity contribution in [2.45, 2.75) is 37.1 Å². The molecule has 0 spiro atoms. The molecule has 0 amide bonds. The molecule has 1 aromatic carbocycles. The fourth-order valence-electron chi connectivity index (χ4n) is 2.35. The molecule has 1 fully saturated rings. The van der Waals surface area contributed by atoms with E-state index in [9.17, 15) is 18.3 Å². The second kappa shape index (κ2) is 5.83. The molecule has 20 heavy (non-hydrogen) atoms. The van der Waals surface area contributed by atoms with Crippen LogP contribution in [0.15, 0.2) is 27.6 Å². The van der Waals surface area contributed by atoms with Gasteiger partial charge in [-0.3, -0.25) is 4.79 Å². The van der Waals surface area contributed by atoms with E-state index in [4.69, 9.17) is 0 Å². The molecule has 1 atom stereocenters. The van der Waals surface area contributed by atoms with Gasteiger partial charge in [0.1, 0.15) is 6.04 Å². The normalized spacial score (nSPS) is 20.8. The number of carboxylic acids is 1. The van der Waals surface area contributed by atoms with Crippen LogP contribution < -0.4 is 0 Å². The van der Waals surface area contributed by atoms with Gasteiger partial charge < -0.3 is 5.11 Å². The molecule has 0 saturated carbocycles. The lowest BCUT2D eigenvalue weighted by molar-refractivity contribution is -0.142. The first-order chi connectivity index (χ1) is 9.34. The van der Waals surface area contributed by atoms with E-state index in [1.807, 2.05) is 0 Å². The van der Waals surface area contributed by atoms with Crippen LogP contribution in [-0.4, -0.2) is 36.4 Å². The number of aryl methyl sites for hydroxylation is 1. The zero-order valence-electron chi connectivity index (χ0n) is 11.0. The monoisotopic (exact) mass is 361 g/mol. The van der Waals surface area contributed by atoms with Crippen LogP contribution >= 0.6 is 15.9 Å². The predicted octanol–water partition coefficient (Wildman–Crippen LogP) is 2.39. The van der Waals surface area contributed by atoms with Gasteiger partial charge in [0.2, 0.25) is 10.0 Å². The zero-order valence-corrected chi connectivity index (χ0v) is 13.4. The number of aliphatic carboxylic acids is 1. The molecule has 7 heteroatoms. The van der Waals surface area contributed by atoms with E-state index in [1.165, 1.54) is 6.07 Å². The average molecular weight is 362 g/mol. The van der Waals surface area contributed by atoms with E-state index >= 15 is 0 Å². The minimum absolute atomic E-state index is 0.145. The number of hydrogen-bond acceptors (Lipinski definition) is 3. The summed E-state index contributed by atoms with van der Waals surface area (Å²) in [4.78, 5) is 11.4. The Hall–Kier alpha value is -0.920. The summed E-state index contributed by atoms with van der Waals surface area (Å²) in [6.45, 7) is 2.06. The Labute approximate surface area is 126 Å². The molecule has 1 N–H and O–H groups in total. The summed E-state index contributed by atoms with van der Waals surface area (Å²) in [5.41, 5.74) is 0.801. The summed E-state index contributed by atoms with van der Waals surface area (Å²) >= 11 is 3.32. The molecule has 1 heterocycles. The highest BCUT2D eigenvalue weighted by atomic mass is 79.9. The molecule has 1 saturated heterocycles. The summed E-state index contributed by atoms with van der Waals surface area (Å²) < 4.78 is 27.2. The van der Waals surface area contributed by atoms with Crippen LogP contribution in [0.3, 0.4) is 0 Å². The highest BCUT2D eigenvalue weighted by molar-refractivity contribution is 9.10. The standard InChI is InChI=1S/C13H16BrNO4S/c1-9-8-10(5-6-11(9)14)20(18,19)15-7-3-2-4-12(15)13(16)17/h5-6,8,12H,2-4,7H2,1H3,(H,16,17)/t12-/m1/s1. The Morgan fingerprint density at radius 3 is 2.70 bits per heavy atom. The molecular formula is C13H16BrNO4S. The van der Waals surface area contributed by atoms with Gasteiger partial charge in [0, 0.05) is 11.0 Å². The molecule has 1 aromatic rings. The van der Waals surface area contributed by atoms with Gasteiger partial charge in [-0.15, -0.1) is 0 Å². The Bertz CT molecular complexity index is 629. The summed E-state index contributed by atoms with van der Waals surface area (Å²) in [7, 11) is -3.76. The highest BCUT2D eigenvalue weighted by Crippen LogP contribution is 2.27. The first kappa shape index (κ1) is 15.5. The van der Waals surface area contributed by atoms with Crippen molar-refractivity contribution < 1.29 is 18.3 Å². The fourth-order valence-corrected chi connectivity index (χ4v) is 4.34. The van der Waals surface area contributed by atoms with E-state index in [1.54, 1.807) is 19.1 Å². The van der Waals surface area contributed by atoms with Crippen molar-refractivity contribution in [1.82, 2.24) is 4.31 Å². The van der Waals surface area contributed by atoms with Crippen molar-refractivity contribution in [2.24, 2.45) is 0 Å². The zero-order chi connectivity index (χ0) is 14.9. The van der Waals surface area contributed by atoms with E-state index in [-0.39, 0.29) is 11.4 Å². The van der Waals surface area contributed by atoms with E-state index < -0.39 is 22.0 Å². The Kier molecular flexibility index (Phi) is 4.51. The molecular weight excluding hydrogens is 346 g/mol. The molecule has 0 aliphatic carbocycles. The smallest absolute Gasteiger partial charge is 0.322 e. The lowest BCUT2D eigenvalue weighted by Gasteiger charge is -2.31. The van der Waals surface area contributed by atoms with Crippen LogP contribution in [0.4, 0.5) is 0 Å². The number of sulfonamides is 1. The van der Waals surface area contributed by atoms with Crippen molar-refractivity contribution >= 4 is 31.9 Å². The van der Waals surface area contributed by atoms with Crippen LogP contribution in [0.25, 0.3) is 0 Å². The average Bonchev–Trinajstić information content (AvgIpc) is 2.41. The Balaban J connectivity index is 2.42. The number of rotatable bonds is 3. The minimum Gasteiger partial charge on any atom is -0.480 e. The maximum Gasteiger partial charge on any atom is 0.322 e. The van der Waals surface area contributed by atoms with Gasteiger partial charge in [-0.25, -0.2) is 8.42 Å². The molecule has 0 radical (unpaired) electrons. The fraction of sp³-hybridized carbons (Fsp3) is 0.462. The van der Waals surface area contributed by atoms with Gasteiger partial charge >= 0.3 is 5.97 Å². The van der Waals surface area contributed by atoms with Crippen LogP contribution in [0.1, 0.15) is 24.8 Å². The van der Waals surface area contributed by atoms with Crippen LogP contribution in [0, 0.1) is 6.92 Å². The van der Waals surface area contributed by atoms with Crippen molar-refractivity contribution in [3.8, 4) is 0 Å². The molecule has 5 nitrogen and oxygen atoms in total. The third-order valence-corrected chi connectivity index (χ3v) is 6.27. The molecule has 0 unspecified atom stereocenters. The van der Waals surface area contributed by atoms with Crippen LogP contribution in [0.2, 0.25) is 0 Å². The minimum atomic E-state index is -3.76. The quantitative estimate of drug-likeness (QED) is 0.896. The van der Waals surface area contributed by atoms with E-state index in [0.29, 0.717) is 12.8 Å². The van der Waals surface area contributed by atoms with Gasteiger partial charge in [0.25, 0.3) is 0 Å². The number of nitrogens with zero attached hydrogens (tertiary/aromatic N) is 1. The summed E-state index contributed by atoms with van der Waals surface area (Å²) in [5, 5.41) is 9.20. The second-order valence-electron chi connectivity index (χ2n) is 4.88. The third kappa shape index (κ3) is 2.89. The van der Waals surface area contributed by atoms with Crippen molar-refractivity contribution in [3.05, 3.63) is 28.2 Å². The number of carbonyl (C=O) groups is 1. The SMILES string of the molecule is Cc1cc(S(=O)(=O)N2CCCC[C@@H]2C(=O)O)ccc1Br. The highest BCUT2D eigenvalue weighted by Gasteiger charge is 2.37. The number of carboxylic acid groups (broad SMARTS) is 1. The van der Waals surface area contributed by atoms with Gasteiger partial charge in [-0.05, 0) is 49.9 Å². The first-order valence-electron chi connectivity index (χ1n) is 6.35. The molecule has 2 rings (SSSR count). The summed E-state index contributed by atoms with van der Waals surface area (Å²) in [6.07, 6.45) is 1.80. The van der Waals surface area contributed by atoms with Gasteiger partial charge in [-0.1, -0.05) is 15.9 Å². The van der Waals surface area contributed by atoms with Gasteiger partial charge in [0.15, 0.2) is 0 Å². The van der Waals surface area contributed by atoms with Crippen molar-refractivity contribution in [2.75, 3.05) is 6.54 Å². The number of halogens is 1. The van der Waals surface area contributed by atoms with Crippen LogP contribution in [-0.2, 0) is 14.8 Å². The topological polar surface area (TPSA) is 74.7 Å². The molecule has 0 aromatic heterocycles. The Morgan fingerprint density at radius 1 is 1.40 bits per heavy atom. The van der Waals surface area contributed by atoms with Gasteiger partial charge in [0.05, 0.1) is 4.90 Å². The predicted molar refractivity (Wildman–Crippen MR) is 78.0 cm³/mol. The maximum atomic E-state index is 12.6. The molecule has 1 aliphatic rings. The first-order valence-corrected chi connectivity index (χ1v) is 8.58. The van der Waals surface area contributed by atoms with Gasteiger partial charge in [-0.2, -0.15) is 4.31 Å². The third-order valence-electron chi connectivity index (χ3n) is 3.47. The lowest BCUT2D eigenvalue weighted by Crippen LogP contribution is -2.47. The molecule has 0 bridgehead atoms. The summed E-state index contributed by atoms with van der Waals surface area (Å²) in [5.74, 6) is -1.08. The van der Waals surface area contributed by atoms with E-state index in [0.717, 1.165) is 20.8 Å². The largest absolute Gasteiger partial charge is 0.480 e. The maximum absolute atomic E-state index is 12.6. The molecule has 110 valence electrons. The van der Waals surface area contributed by atoms with Crippen molar-refractivity contribution in [1.29, 1.82) is 0 Å². The number of piperidine rings is 1. The molecule has 1 aliphatic heterocycles. The number of benzene rings is 1. The van der Waals surface area contributed by atoms with E-state index in [2.05, 4.69) is 15.9 Å². The second-order valence-corrected chi connectivity index (χ2v) is 7.62. The Morgan fingerprint density at radius 2 is 2.10 bits per heavy atom. The summed E-state index contributed by atoms with van der Waals surface area (Å²) in [6, 6.07) is 3.77.